The lowest BCUT2D eigenvalue weighted by molar-refractivity contribution is -0.132. The van der Waals surface area contributed by atoms with Crippen molar-refractivity contribution in [3.8, 4) is 0 Å². The summed E-state index contributed by atoms with van der Waals surface area (Å²) in [5, 5.41) is 14.8. The minimum absolute atomic E-state index is 0.0430. The van der Waals surface area contributed by atoms with Gasteiger partial charge < -0.3 is 42.1 Å². The van der Waals surface area contributed by atoms with Crippen molar-refractivity contribution in [3.63, 3.8) is 0 Å². The second-order valence-electron chi connectivity index (χ2n) is 9.60. The highest BCUT2D eigenvalue weighted by Gasteiger charge is 2.30. The Bertz CT molecular complexity index is 1440. The van der Waals surface area contributed by atoms with Crippen LogP contribution < -0.4 is 37.6 Å². The van der Waals surface area contributed by atoms with Crippen LogP contribution >= 0.6 is 0 Å². The number of allylic oxidation sites excluding steroid dienone is 1. The molecule has 238 valence electrons. The lowest BCUT2D eigenvalue weighted by Crippen LogP contribution is -2.59. The molecule has 0 spiro atoms. The van der Waals surface area contributed by atoms with Gasteiger partial charge in [-0.3, -0.25) is 38.5 Å². The highest BCUT2D eigenvalue weighted by molar-refractivity contribution is 6.01. The molecule has 0 saturated carbocycles. The van der Waals surface area contributed by atoms with E-state index in [9.17, 15) is 33.6 Å². The zero-order chi connectivity index (χ0) is 32.8. The molecule has 0 radical (unpaired) electrons. The van der Waals surface area contributed by atoms with Gasteiger partial charge in [0.05, 0.1) is 12.5 Å². The minimum Gasteiger partial charge on any atom is -0.469 e. The number of rotatable bonds is 7. The van der Waals surface area contributed by atoms with Gasteiger partial charge in [0.2, 0.25) is 35.4 Å². The third kappa shape index (κ3) is 10.7. The summed E-state index contributed by atoms with van der Waals surface area (Å²) >= 11 is 0. The third-order valence-corrected chi connectivity index (χ3v) is 6.26. The summed E-state index contributed by atoms with van der Waals surface area (Å²) in [5.41, 5.74) is 5.34. The normalized spacial score (nSPS) is 22.9. The summed E-state index contributed by atoms with van der Waals surface area (Å²) < 4.78 is 5.34. The molecule has 3 heterocycles. The number of primary amides is 1. The molecule has 1 aliphatic rings. The Hall–Kier alpha value is -5.87. The van der Waals surface area contributed by atoms with Gasteiger partial charge in [0, 0.05) is 44.1 Å². The van der Waals surface area contributed by atoms with Gasteiger partial charge in [0.25, 0.3) is 5.91 Å². The molecule has 4 unspecified atom stereocenters. The molecule has 0 bridgehead atoms. The lowest BCUT2D eigenvalue weighted by Gasteiger charge is -2.25. The van der Waals surface area contributed by atoms with Gasteiger partial charge in [0.15, 0.2) is 0 Å². The molecule has 17 nitrogen and oxygen atoms in total. The van der Waals surface area contributed by atoms with E-state index in [1.165, 1.54) is 37.0 Å². The van der Waals surface area contributed by atoms with Gasteiger partial charge in [-0.2, -0.15) is 0 Å². The van der Waals surface area contributed by atoms with Crippen molar-refractivity contribution in [2.45, 2.75) is 43.9 Å². The van der Waals surface area contributed by atoms with Crippen LogP contribution in [0.5, 0.6) is 0 Å². The number of carbonyl (C=O) groups excluding carboxylic acids is 7. The van der Waals surface area contributed by atoms with E-state index < -0.39 is 72.1 Å². The first-order valence-corrected chi connectivity index (χ1v) is 13.7. The molecule has 17 heteroatoms. The first kappa shape index (κ1) is 33.6. The van der Waals surface area contributed by atoms with Gasteiger partial charge in [0.1, 0.15) is 35.6 Å². The van der Waals surface area contributed by atoms with Crippen molar-refractivity contribution >= 4 is 41.4 Å². The average molecular weight is 624 g/mol. The Morgan fingerprint density at radius 2 is 1.73 bits per heavy atom. The monoisotopic (exact) mass is 623 g/mol. The van der Waals surface area contributed by atoms with E-state index in [0.29, 0.717) is 5.76 Å². The van der Waals surface area contributed by atoms with E-state index >= 15 is 0 Å². The number of aromatic nitrogens is 2. The van der Waals surface area contributed by atoms with E-state index in [1.54, 1.807) is 19.1 Å². The standard InChI is InChI=1S/C28H33N9O8/c1-2-4-18-27(43)36-19(13-16-5-3-12-45-16)28(44)37-21(15-33-25(41)20-14-30-10-11-31-20)26(42)32-9-8-17(24(29)40)34-22(38)6-7-23(39)35-18/h2-7,10-12,14,17-19,21H,8-9,13,15H2,1H3,(H2,29,40)(H,32,42)(H,33,41)(H,34,38)(H,35,39)(H,36,43)(H,37,44)/b4-2+,7-6-. The SMILES string of the molecule is C/C=C/C1NC(=O)/C=C\C(=O)NC(C(N)=O)CCNC(=O)C(CNC(=O)c2cnccn2)NC(=O)C(Cc2ccco2)NC1=O. The Morgan fingerprint density at radius 3 is 2.38 bits per heavy atom. The smallest absolute Gasteiger partial charge is 0.271 e. The zero-order valence-corrected chi connectivity index (χ0v) is 24.1. The summed E-state index contributed by atoms with van der Waals surface area (Å²) in [6.07, 6.45) is 9.52. The number of carbonyl (C=O) groups is 7. The Balaban J connectivity index is 1.92. The number of hydrogen-bond acceptors (Lipinski definition) is 10. The average Bonchev–Trinajstić information content (AvgIpc) is 3.53. The van der Waals surface area contributed by atoms with Gasteiger partial charge in [-0.25, -0.2) is 4.98 Å². The Labute approximate surface area is 256 Å². The lowest BCUT2D eigenvalue weighted by atomic mass is 10.1. The predicted molar refractivity (Wildman–Crippen MR) is 155 cm³/mol. The number of furan rings is 1. The molecule has 0 aromatic carbocycles. The van der Waals surface area contributed by atoms with Crippen LogP contribution in [0.4, 0.5) is 0 Å². The molecule has 2 aromatic rings. The molecule has 0 aliphatic carbocycles. The van der Waals surface area contributed by atoms with Crippen LogP contribution in [0, 0.1) is 0 Å². The summed E-state index contributed by atoms with van der Waals surface area (Å²) in [6.45, 7) is 1.01. The quantitative estimate of drug-likeness (QED) is 0.155. The van der Waals surface area contributed by atoms with Crippen LogP contribution in [0.15, 0.2) is 65.7 Å². The summed E-state index contributed by atoms with van der Waals surface area (Å²) in [5.74, 6) is -5.29. The minimum atomic E-state index is -1.39. The molecular weight excluding hydrogens is 590 g/mol. The van der Waals surface area contributed by atoms with E-state index in [2.05, 4.69) is 41.9 Å². The first-order chi connectivity index (χ1) is 21.6. The maximum Gasteiger partial charge on any atom is 0.271 e. The molecule has 7 amide bonds. The van der Waals surface area contributed by atoms with Gasteiger partial charge in [-0.05, 0) is 25.5 Å². The molecule has 8 N–H and O–H groups in total. The third-order valence-electron chi connectivity index (χ3n) is 6.26. The van der Waals surface area contributed by atoms with Crippen molar-refractivity contribution in [2.75, 3.05) is 13.1 Å². The fourth-order valence-electron chi connectivity index (χ4n) is 4.00. The Kier molecular flexibility index (Phi) is 12.5. The van der Waals surface area contributed by atoms with Crippen molar-refractivity contribution in [3.05, 3.63) is 72.7 Å². The van der Waals surface area contributed by atoms with Gasteiger partial charge in [-0.15, -0.1) is 0 Å². The molecule has 1 aliphatic heterocycles. The molecule has 45 heavy (non-hydrogen) atoms. The molecule has 0 fully saturated rings. The fourth-order valence-corrected chi connectivity index (χ4v) is 4.00. The van der Waals surface area contributed by atoms with Gasteiger partial charge >= 0.3 is 0 Å². The fraction of sp³-hybridized carbons (Fsp3) is 0.321. The van der Waals surface area contributed by atoms with E-state index in [-0.39, 0.29) is 25.1 Å². The Morgan fingerprint density at radius 1 is 1.00 bits per heavy atom. The highest BCUT2D eigenvalue weighted by Crippen LogP contribution is 2.06. The molecule has 2 aromatic heterocycles. The van der Waals surface area contributed by atoms with Crippen LogP contribution in [0.25, 0.3) is 0 Å². The van der Waals surface area contributed by atoms with Crippen LogP contribution in [0.3, 0.4) is 0 Å². The van der Waals surface area contributed by atoms with Crippen molar-refractivity contribution < 1.29 is 38.0 Å². The summed E-state index contributed by atoms with van der Waals surface area (Å²) in [6, 6.07) is -2.04. The molecule has 0 saturated heterocycles. The number of hydrogen-bond donors (Lipinski definition) is 7. The second kappa shape index (κ2) is 16.7. The first-order valence-electron chi connectivity index (χ1n) is 13.7. The molecule has 4 atom stereocenters. The highest BCUT2D eigenvalue weighted by atomic mass is 16.3. The van der Waals surface area contributed by atoms with Crippen LogP contribution in [-0.4, -0.2) is 88.6 Å². The second-order valence-corrected chi connectivity index (χ2v) is 9.60. The molecule has 3 rings (SSSR count). The van der Waals surface area contributed by atoms with Crippen LogP contribution in [0.2, 0.25) is 0 Å². The maximum atomic E-state index is 13.5. The van der Waals surface area contributed by atoms with Crippen molar-refractivity contribution in [1.29, 1.82) is 0 Å². The van der Waals surface area contributed by atoms with Crippen molar-refractivity contribution in [2.24, 2.45) is 5.73 Å². The summed E-state index contributed by atoms with van der Waals surface area (Å²) in [4.78, 5) is 97.1. The number of nitrogens with zero attached hydrogens (tertiary/aromatic N) is 2. The van der Waals surface area contributed by atoms with Crippen molar-refractivity contribution in [1.82, 2.24) is 41.9 Å². The largest absolute Gasteiger partial charge is 0.469 e. The predicted octanol–water partition coefficient (Wildman–Crippen LogP) is -2.88. The maximum absolute atomic E-state index is 13.5. The van der Waals surface area contributed by atoms with Crippen LogP contribution in [-0.2, 0) is 35.2 Å². The number of amides is 7. The van der Waals surface area contributed by atoms with E-state index in [1.807, 2.05) is 0 Å². The van der Waals surface area contributed by atoms with Crippen LogP contribution in [0.1, 0.15) is 29.6 Å². The number of nitrogens with one attached hydrogen (secondary N) is 6. The zero-order valence-electron chi connectivity index (χ0n) is 24.1. The summed E-state index contributed by atoms with van der Waals surface area (Å²) in [7, 11) is 0. The number of nitrogens with two attached hydrogens (primary N) is 1. The van der Waals surface area contributed by atoms with Gasteiger partial charge in [-0.1, -0.05) is 12.2 Å². The molecular formula is C28H33N9O8. The van der Waals surface area contributed by atoms with E-state index in [4.69, 9.17) is 10.2 Å². The topological polar surface area (TPSA) is 257 Å². The van der Waals surface area contributed by atoms with E-state index in [0.717, 1.165) is 12.2 Å².